The van der Waals surface area contributed by atoms with E-state index in [9.17, 15) is 14.9 Å². The van der Waals surface area contributed by atoms with E-state index in [4.69, 9.17) is 4.74 Å². The fourth-order valence-electron chi connectivity index (χ4n) is 2.24. The molecule has 3 rings (SSSR count). The molecule has 0 saturated heterocycles. The van der Waals surface area contributed by atoms with Gasteiger partial charge in [0.25, 0.3) is 5.69 Å². The summed E-state index contributed by atoms with van der Waals surface area (Å²) in [5.74, 6) is 0.0749. The van der Waals surface area contributed by atoms with Crippen molar-refractivity contribution in [3.05, 3.63) is 58.9 Å². The Labute approximate surface area is 147 Å². The maximum Gasteiger partial charge on any atom is 0.296 e. The summed E-state index contributed by atoms with van der Waals surface area (Å²) < 4.78 is 6.84. The number of benzene rings is 1. The number of methoxy groups -OCH3 is 1. The summed E-state index contributed by atoms with van der Waals surface area (Å²) in [6.07, 6.45) is 3.57. The highest BCUT2D eigenvalue weighted by Gasteiger charge is 2.17. The molecule has 0 fully saturated rings. The predicted molar refractivity (Wildman–Crippen MR) is 94.2 cm³/mol. The van der Waals surface area contributed by atoms with Gasteiger partial charge in [0.15, 0.2) is 5.16 Å². The summed E-state index contributed by atoms with van der Waals surface area (Å²) in [6.45, 7) is 0. The highest BCUT2D eigenvalue weighted by atomic mass is 32.2. The quantitative estimate of drug-likeness (QED) is 0.413. The predicted octanol–water partition coefficient (Wildman–Crippen LogP) is 2.98. The first kappa shape index (κ1) is 16.8. The van der Waals surface area contributed by atoms with Gasteiger partial charge in [-0.1, -0.05) is 17.8 Å². The average molecular weight is 358 g/mol. The number of imidazole rings is 1. The Morgan fingerprint density at radius 1 is 1.40 bits per heavy atom. The number of nitrogens with zero attached hydrogens (tertiary/aromatic N) is 3. The first-order valence-corrected chi connectivity index (χ1v) is 8.24. The van der Waals surface area contributed by atoms with Gasteiger partial charge in [0.05, 0.1) is 35.6 Å². The molecule has 0 aliphatic carbocycles. The smallest absolute Gasteiger partial charge is 0.296 e. The van der Waals surface area contributed by atoms with Crippen molar-refractivity contribution in [2.24, 2.45) is 0 Å². The van der Waals surface area contributed by atoms with E-state index in [0.29, 0.717) is 10.9 Å². The van der Waals surface area contributed by atoms with Gasteiger partial charge in [-0.15, -0.1) is 0 Å². The summed E-state index contributed by atoms with van der Waals surface area (Å²) >= 11 is 1.25. The molecule has 0 radical (unpaired) electrons. The molecule has 0 aliphatic heterocycles. The average Bonchev–Trinajstić information content (AvgIpc) is 3.03. The van der Waals surface area contributed by atoms with Crippen LogP contribution in [0.15, 0.2) is 53.9 Å². The zero-order valence-corrected chi connectivity index (χ0v) is 14.0. The number of hydrogen-bond donors (Lipinski definition) is 1. The standard InChI is InChI=1S/C16H14N4O4S/c1-24-12-5-6-13(14(8-12)20(22)23)18-15(21)10-25-16-17-9-11-4-2-3-7-19(11)16/h2-9H,10H2,1H3,(H,18,21). The molecule has 0 bridgehead atoms. The van der Waals surface area contributed by atoms with E-state index >= 15 is 0 Å². The Morgan fingerprint density at radius 3 is 3.00 bits per heavy atom. The van der Waals surface area contributed by atoms with Crippen molar-refractivity contribution in [2.45, 2.75) is 5.16 Å². The minimum atomic E-state index is -0.562. The Hall–Kier alpha value is -3.07. The van der Waals surface area contributed by atoms with Crippen LogP contribution in [-0.4, -0.2) is 33.1 Å². The van der Waals surface area contributed by atoms with Crippen LogP contribution in [0.4, 0.5) is 11.4 Å². The Balaban J connectivity index is 1.69. The third-order valence-corrected chi connectivity index (χ3v) is 4.38. The molecule has 1 amide bonds. The molecule has 0 aliphatic rings. The molecule has 0 spiro atoms. The number of ether oxygens (including phenoxy) is 1. The molecule has 25 heavy (non-hydrogen) atoms. The summed E-state index contributed by atoms with van der Waals surface area (Å²) in [4.78, 5) is 27.0. The van der Waals surface area contributed by atoms with Crippen LogP contribution in [0, 0.1) is 10.1 Å². The number of fused-ring (bicyclic) bond motifs is 1. The van der Waals surface area contributed by atoms with Gasteiger partial charge in [-0.3, -0.25) is 19.3 Å². The summed E-state index contributed by atoms with van der Waals surface area (Å²) in [7, 11) is 1.42. The van der Waals surface area contributed by atoms with Crippen molar-refractivity contribution in [2.75, 3.05) is 18.2 Å². The van der Waals surface area contributed by atoms with Crippen LogP contribution in [0.3, 0.4) is 0 Å². The van der Waals surface area contributed by atoms with Gasteiger partial charge in [-0.25, -0.2) is 4.98 Å². The number of nitrogens with one attached hydrogen (secondary N) is 1. The molecule has 0 atom stereocenters. The second kappa shape index (κ2) is 7.22. The van der Waals surface area contributed by atoms with E-state index in [1.165, 1.54) is 31.0 Å². The number of nitro groups is 1. The maximum atomic E-state index is 12.2. The van der Waals surface area contributed by atoms with Gasteiger partial charge in [0.2, 0.25) is 5.91 Å². The largest absolute Gasteiger partial charge is 0.496 e. The van der Waals surface area contributed by atoms with E-state index in [1.54, 1.807) is 12.3 Å². The van der Waals surface area contributed by atoms with E-state index in [2.05, 4.69) is 10.3 Å². The van der Waals surface area contributed by atoms with E-state index < -0.39 is 4.92 Å². The Bertz CT molecular complexity index is 941. The zero-order valence-electron chi connectivity index (χ0n) is 13.2. The number of rotatable bonds is 6. The third kappa shape index (κ3) is 3.72. The van der Waals surface area contributed by atoms with Gasteiger partial charge in [-0.05, 0) is 24.3 Å². The van der Waals surface area contributed by atoms with Crippen LogP contribution in [0.1, 0.15) is 0 Å². The minimum absolute atomic E-state index is 0.0805. The number of nitro benzene ring substituents is 1. The minimum Gasteiger partial charge on any atom is -0.496 e. The number of hydrogen-bond acceptors (Lipinski definition) is 6. The Kier molecular flexibility index (Phi) is 4.85. The highest BCUT2D eigenvalue weighted by molar-refractivity contribution is 7.99. The number of carbonyl (C=O) groups excluding carboxylic acids is 1. The van der Waals surface area contributed by atoms with Crippen molar-refractivity contribution in [3.63, 3.8) is 0 Å². The van der Waals surface area contributed by atoms with Crippen molar-refractivity contribution in [3.8, 4) is 5.75 Å². The van der Waals surface area contributed by atoms with Crippen LogP contribution < -0.4 is 10.1 Å². The molecule has 2 heterocycles. The number of carbonyl (C=O) groups is 1. The lowest BCUT2D eigenvalue weighted by molar-refractivity contribution is -0.384. The van der Waals surface area contributed by atoms with E-state index in [1.807, 2.05) is 28.8 Å². The molecule has 1 N–H and O–H groups in total. The molecule has 3 aromatic rings. The lowest BCUT2D eigenvalue weighted by Crippen LogP contribution is -2.15. The van der Waals surface area contributed by atoms with Gasteiger partial charge >= 0.3 is 0 Å². The van der Waals surface area contributed by atoms with E-state index in [-0.39, 0.29) is 23.0 Å². The van der Waals surface area contributed by atoms with Gasteiger partial charge in [0, 0.05) is 6.20 Å². The molecule has 8 nitrogen and oxygen atoms in total. The fourth-order valence-corrected chi connectivity index (χ4v) is 3.00. The van der Waals surface area contributed by atoms with Crippen molar-refractivity contribution < 1.29 is 14.5 Å². The zero-order chi connectivity index (χ0) is 17.8. The van der Waals surface area contributed by atoms with Crippen molar-refractivity contribution in [1.29, 1.82) is 0 Å². The first-order chi connectivity index (χ1) is 12.1. The maximum absolute atomic E-state index is 12.2. The van der Waals surface area contributed by atoms with Gasteiger partial charge < -0.3 is 10.1 Å². The second-order valence-corrected chi connectivity index (χ2v) is 5.96. The van der Waals surface area contributed by atoms with Crippen LogP contribution >= 0.6 is 11.8 Å². The fraction of sp³-hybridized carbons (Fsp3) is 0.125. The molecular formula is C16H14N4O4S. The van der Waals surface area contributed by atoms with Crippen LogP contribution in [0.25, 0.3) is 5.52 Å². The Morgan fingerprint density at radius 2 is 2.24 bits per heavy atom. The van der Waals surface area contributed by atoms with Crippen molar-refractivity contribution >= 4 is 34.6 Å². The number of thioether (sulfide) groups is 1. The molecule has 0 unspecified atom stereocenters. The SMILES string of the molecule is COc1ccc(NC(=O)CSc2ncc3ccccn23)c([N+](=O)[O-])c1. The van der Waals surface area contributed by atoms with Gasteiger partial charge in [0.1, 0.15) is 11.4 Å². The highest BCUT2D eigenvalue weighted by Crippen LogP contribution is 2.29. The lowest BCUT2D eigenvalue weighted by Gasteiger charge is -2.07. The second-order valence-electron chi connectivity index (χ2n) is 5.01. The van der Waals surface area contributed by atoms with Crippen molar-refractivity contribution in [1.82, 2.24) is 9.38 Å². The number of amides is 1. The van der Waals surface area contributed by atoms with Crippen LogP contribution in [0.2, 0.25) is 0 Å². The lowest BCUT2D eigenvalue weighted by atomic mass is 10.2. The number of aromatic nitrogens is 2. The van der Waals surface area contributed by atoms with Crippen LogP contribution in [0.5, 0.6) is 5.75 Å². The molecule has 128 valence electrons. The molecule has 9 heteroatoms. The number of anilines is 1. The van der Waals surface area contributed by atoms with Crippen LogP contribution in [-0.2, 0) is 4.79 Å². The molecular weight excluding hydrogens is 344 g/mol. The number of pyridine rings is 1. The topological polar surface area (TPSA) is 98.8 Å². The molecule has 0 saturated carbocycles. The molecule has 2 aromatic heterocycles. The monoisotopic (exact) mass is 358 g/mol. The first-order valence-electron chi connectivity index (χ1n) is 7.25. The summed E-state index contributed by atoms with van der Waals surface area (Å²) in [5.41, 5.74) is 0.838. The molecule has 1 aromatic carbocycles. The third-order valence-electron chi connectivity index (χ3n) is 3.41. The normalized spacial score (nSPS) is 10.6. The van der Waals surface area contributed by atoms with E-state index in [0.717, 1.165) is 5.52 Å². The van der Waals surface area contributed by atoms with Gasteiger partial charge in [-0.2, -0.15) is 0 Å². The summed E-state index contributed by atoms with van der Waals surface area (Å²) in [6, 6.07) is 9.96. The summed E-state index contributed by atoms with van der Waals surface area (Å²) in [5, 5.41) is 14.4.